The molecule has 0 saturated heterocycles. The molecule has 0 atom stereocenters. The van der Waals surface area contributed by atoms with Crippen LogP contribution in [0.5, 0.6) is 5.75 Å². The maximum absolute atomic E-state index is 13.1. The first kappa shape index (κ1) is 30.7. The average molecular weight is 598 g/mol. The minimum atomic E-state index is -0.727. The van der Waals surface area contributed by atoms with Crippen molar-refractivity contribution in [2.45, 2.75) is 59.0 Å². The van der Waals surface area contributed by atoms with Gasteiger partial charge in [-0.05, 0) is 78.5 Å². The van der Waals surface area contributed by atoms with Crippen molar-refractivity contribution >= 4 is 28.8 Å². The van der Waals surface area contributed by atoms with Crippen LogP contribution >= 0.6 is 0 Å². The number of benzene rings is 3. The van der Waals surface area contributed by atoms with E-state index in [4.69, 9.17) is 4.74 Å². The summed E-state index contributed by atoms with van der Waals surface area (Å²) >= 11 is 0. The molecule has 5 rings (SSSR count). The van der Waals surface area contributed by atoms with Gasteiger partial charge < -0.3 is 20.1 Å². The Bertz CT molecular complexity index is 1680. The van der Waals surface area contributed by atoms with Gasteiger partial charge in [-0.15, -0.1) is 15.0 Å². The van der Waals surface area contributed by atoms with Gasteiger partial charge in [0.1, 0.15) is 22.5 Å². The molecule has 2 N–H and O–H groups in total. The van der Waals surface area contributed by atoms with Crippen LogP contribution in [-0.2, 0) is 20.9 Å². The zero-order valence-corrected chi connectivity index (χ0v) is 25.8. The summed E-state index contributed by atoms with van der Waals surface area (Å²) in [6, 6.07) is 17.9. The van der Waals surface area contributed by atoms with Gasteiger partial charge >= 0.3 is 17.8 Å². The highest BCUT2D eigenvalue weighted by atomic mass is 16.5. The molecule has 1 saturated carbocycles. The first-order valence-corrected chi connectivity index (χ1v) is 14.9. The number of hydrogen-bond acceptors (Lipinski definition) is 7. The molecule has 0 bridgehead atoms. The van der Waals surface area contributed by atoms with Crippen LogP contribution in [0.15, 0.2) is 60.7 Å². The first-order chi connectivity index (χ1) is 21.0. The number of ether oxygens (including phenoxy) is 1. The molecule has 1 aliphatic rings. The van der Waals surface area contributed by atoms with Gasteiger partial charge in [-0.1, -0.05) is 51.1 Å². The van der Waals surface area contributed by atoms with Crippen LogP contribution in [0.3, 0.4) is 0 Å². The minimum absolute atomic E-state index is 0.0213. The van der Waals surface area contributed by atoms with Gasteiger partial charge in [0.05, 0.1) is 12.7 Å². The number of rotatable bonds is 6. The zero-order chi connectivity index (χ0) is 31.6. The second kappa shape index (κ2) is 12.5. The molecule has 0 radical (unpaired) electrons. The van der Waals surface area contributed by atoms with Crippen LogP contribution < -0.4 is 5.32 Å². The lowest BCUT2D eigenvalue weighted by atomic mass is 9.71. The van der Waals surface area contributed by atoms with E-state index >= 15 is 0 Å². The summed E-state index contributed by atoms with van der Waals surface area (Å²) in [5, 5.41) is 23.1. The van der Waals surface area contributed by atoms with E-state index in [9.17, 15) is 19.5 Å². The standard InChI is InChI=1S/C34H39N5O5/c1-34(2,3)25-12-14-26(15-13-25)38(4)32(42)31(41)35-20-24-17-23(21-9-7-6-8-10-21)19-29(30(24)40)39-36-27-16-11-22(33(43)44-5)18-28(27)37-39/h6-11,16-19,25-26,40H,12-15,20H2,1-5H3,(H,35,41). The Morgan fingerprint density at radius 2 is 1.64 bits per heavy atom. The number of phenolic OH excluding ortho intramolecular Hbond substituents is 1. The quantitative estimate of drug-likeness (QED) is 0.229. The number of phenols is 1. The Morgan fingerprint density at radius 3 is 2.30 bits per heavy atom. The summed E-state index contributed by atoms with van der Waals surface area (Å²) in [5.74, 6) is -1.35. The maximum atomic E-state index is 13.1. The van der Waals surface area contributed by atoms with Gasteiger partial charge in [0.25, 0.3) is 0 Å². The van der Waals surface area contributed by atoms with Crippen molar-refractivity contribution in [2.75, 3.05) is 14.2 Å². The van der Waals surface area contributed by atoms with E-state index in [0.717, 1.165) is 36.8 Å². The number of methoxy groups -OCH3 is 1. The van der Waals surface area contributed by atoms with Crippen molar-refractivity contribution in [3.63, 3.8) is 0 Å². The van der Waals surface area contributed by atoms with Gasteiger partial charge in [-0.25, -0.2) is 4.79 Å². The number of nitrogens with one attached hydrogen (secondary N) is 1. The van der Waals surface area contributed by atoms with E-state index < -0.39 is 17.8 Å². The molecule has 10 heteroatoms. The van der Waals surface area contributed by atoms with E-state index in [0.29, 0.717) is 28.1 Å². The Balaban J connectivity index is 1.38. The van der Waals surface area contributed by atoms with E-state index in [1.165, 1.54) is 11.9 Å². The lowest BCUT2D eigenvalue weighted by Crippen LogP contribution is -2.47. The third-order valence-corrected chi connectivity index (χ3v) is 8.72. The Kier molecular flexibility index (Phi) is 8.71. The van der Waals surface area contributed by atoms with Crippen molar-refractivity contribution in [3.8, 4) is 22.6 Å². The van der Waals surface area contributed by atoms with Gasteiger partial charge in [-0.2, -0.15) is 0 Å². The van der Waals surface area contributed by atoms with Crippen LogP contribution in [0.4, 0.5) is 0 Å². The van der Waals surface area contributed by atoms with E-state index in [-0.39, 0.29) is 29.4 Å². The molecule has 3 aromatic carbocycles. The second-order valence-corrected chi connectivity index (χ2v) is 12.5. The SMILES string of the molecule is COC(=O)c1ccc2nn(-c3cc(-c4ccccc4)cc(CNC(=O)C(=O)N(C)C4CCC(C(C)(C)C)CC4)c3O)nc2c1. The molecule has 2 amide bonds. The molecule has 230 valence electrons. The molecule has 0 unspecified atom stereocenters. The number of carbonyl (C=O) groups is 3. The van der Waals surface area contributed by atoms with E-state index in [2.05, 4.69) is 36.3 Å². The summed E-state index contributed by atoms with van der Waals surface area (Å²) < 4.78 is 4.81. The molecule has 10 nitrogen and oxygen atoms in total. The fraction of sp³-hybridized carbons (Fsp3) is 0.382. The second-order valence-electron chi connectivity index (χ2n) is 12.5. The molecule has 1 fully saturated rings. The summed E-state index contributed by atoms with van der Waals surface area (Å²) in [7, 11) is 3.00. The first-order valence-electron chi connectivity index (χ1n) is 14.9. The third kappa shape index (κ3) is 6.44. The predicted octanol–water partition coefficient (Wildman–Crippen LogP) is 5.26. The molecule has 1 heterocycles. The van der Waals surface area contributed by atoms with Crippen molar-refractivity contribution in [3.05, 3.63) is 71.8 Å². The zero-order valence-electron chi connectivity index (χ0n) is 25.8. The largest absolute Gasteiger partial charge is 0.505 e. The molecule has 4 aromatic rings. The normalized spacial score (nSPS) is 16.8. The van der Waals surface area contributed by atoms with Crippen molar-refractivity contribution in [2.24, 2.45) is 11.3 Å². The monoisotopic (exact) mass is 597 g/mol. The van der Waals surface area contributed by atoms with E-state index in [1.54, 1.807) is 42.3 Å². The molecular formula is C34H39N5O5. The molecule has 0 aliphatic heterocycles. The fourth-order valence-electron chi connectivity index (χ4n) is 5.94. The third-order valence-electron chi connectivity index (χ3n) is 8.72. The number of hydrogen-bond donors (Lipinski definition) is 2. The smallest absolute Gasteiger partial charge is 0.337 e. The number of aromatic hydroxyl groups is 1. The number of amides is 2. The Hall–Kier alpha value is -4.73. The van der Waals surface area contributed by atoms with E-state index in [1.807, 2.05) is 30.3 Å². The number of nitrogens with zero attached hydrogens (tertiary/aromatic N) is 4. The number of esters is 1. The van der Waals surface area contributed by atoms with Crippen molar-refractivity contribution < 1.29 is 24.2 Å². The van der Waals surface area contributed by atoms with Crippen LogP contribution in [0.1, 0.15) is 62.4 Å². The van der Waals surface area contributed by atoms with Crippen LogP contribution in [0, 0.1) is 11.3 Å². The molecular weight excluding hydrogens is 558 g/mol. The lowest BCUT2D eigenvalue weighted by molar-refractivity contribution is -0.147. The maximum Gasteiger partial charge on any atom is 0.337 e. The fourth-order valence-corrected chi connectivity index (χ4v) is 5.94. The van der Waals surface area contributed by atoms with Gasteiger partial charge in [0.2, 0.25) is 0 Å². The summed E-state index contributed by atoms with van der Waals surface area (Å²) in [5.41, 5.74) is 3.84. The topological polar surface area (TPSA) is 127 Å². The van der Waals surface area contributed by atoms with Crippen LogP contribution in [-0.4, -0.2) is 63.0 Å². The summed E-state index contributed by atoms with van der Waals surface area (Å²) in [6.07, 6.45) is 3.79. The van der Waals surface area contributed by atoms with Gasteiger partial charge in [-0.3, -0.25) is 9.59 Å². The minimum Gasteiger partial charge on any atom is -0.505 e. The van der Waals surface area contributed by atoms with Crippen molar-refractivity contribution in [1.82, 2.24) is 25.2 Å². The van der Waals surface area contributed by atoms with Gasteiger partial charge in [0.15, 0.2) is 0 Å². The molecule has 0 spiro atoms. The molecule has 1 aliphatic carbocycles. The number of fused-ring (bicyclic) bond motifs is 1. The van der Waals surface area contributed by atoms with Crippen LogP contribution in [0.2, 0.25) is 0 Å². The highest BCUT2D eigenvalue weighted by Crippen LogP contribution is 2.39. The highest BCUT2D eigenvalue weighted by molar-refractivity contribution is 6.35. The van der Waals surface area contributed by atoms with Crippen molar-refractivity contribution in [1.29, 1.82) is 0 Å². The number of carbonyl (C=O) groups excluding carboxylic acids is 3. The van der Waals surface area contributed by atoms with Gasteiger partial charge in [0, 0.05) is 25.2 Å². The number of likely N-dealkylation sites (N-methyl/N-ethyl adjacent to an activating group) is 1. The molecule has 1 aromatic heterocycles. The summed E-state index contributed by atoms with van der Waals surface area (Å²) in [6.45, 7) is 6.67. The number of aromatic nitrogens is 3. The lowest BCUT2D eigenvalue weighted by Gasteiger charge is -2.39. The van der Waals surface area contributed by atoms with Crippen LogP contribution in [0.25, 0.3) is 27.8 Å². The Labute approximate surface area is 257 Å². The Morgan fingerprint density at radius 1 is 0.955 bits per heavy atom. The highest BCUT2D eigenvalue weighted by Gasteiger charge is 2.33. The summed E-state index contributed by atoms with van der Waals surface area (Å²) in [4.78, 5) is 41.0. The molecule has 44 heavy (non-hydrogen) atoms. The average Bonchev–Trinajstić information content (AvgIpc) is 3.46. The predicted molar refractivity (Wildman–Crippen MR) is 167 cm³/mol.